The van der Waals surface area contributed by atoms with Crippen LogP contribution >= 0.6 is 0 Å². The van der Waals surface area contributed by atoms with Gasteiger partial charge in [0.1, 0.15) is 0 Å². The Kier molecular flexibility index (Phi) is 4.66. The van der Waals surface area contributed by atoms with Crippen molar-refractivity contribution in [2.45, 2.75) is 38.0 Å². The molecule has 4 aromatic rings. The van der Waals surface area contributed by atoms with E-state index in [-0.39, 0.29) is 0 Å². The SMILES string of the molecule is c1ccc(-c2cc(-c3ccc(C4CCCCC4)cc3)c3ccccc3n2)cc1. The number of hydrogen-bond donors (Lipinski definition) is 0. The molecule has 0 unspecified atom stereocenters. The maximum atomic E-state index is 4.92. The van der Waals surface area contributed by atoms with Crippen molar-refractivity contribution in [2.75, 3.05) is 0 Å². The summed E-state index contributed by atoms with van der Waals surface area (Å²) < 4.78 is 0. The third kappa shape index (κ3) is 3.33. The van der Waals surface area contributed by atoms with E-state index in [4.69, 9.17) is 4.98 Å². The molecule has 0 radical (unpaired) electrons. The van der Waals surface area contributed by atoms with Crippen molar-refractivity contribution in [2.24, 2.45) is 0 Å². The molecule has 0 aliphatic heterocycles. The Balaban J connectivity index is 1.59. The number of aromatic nitrogens is 1. The van der Waals surface area contributed by atoms with Crippen LogP contribution < -0.4 is 0 Å². The molecule has 1 heteroatoms. The van der Waals surface area contributed by atoms with Crippen LogP contribution in [0.15, 0.2) is 84.9 Å². The first-order chi connectivity index (χ1) is 13.9. The fourth-order valence-corrected chi connectivity index (χ4v) is 4.54. The summed E-state index contributed by atoms with van der Waals surface area (Å²) in [4.78, 5) is 4.92. The van der Waals surface area contributed by atoms with E-state index >= 15 is 0 Å². The Labute approximate surface area is 167 Å². The van der Waals surface area contributed by atoms with Gasteiger partial charge in [-0.05, 0) is 47.6 Å². The average Bonchev–Trinajstić information content (AvgIpc) is 2.80. The third-order valence-corrected chi connectivity index (χ3v) is 6.08. The molecule has 28 heavy (non-hydrogen) atoms. The highest BCUT2D eigenvalue weighted by molar-refractivity contribution is 5.96. The zero-order valence-corrected chi connectivity index (χ0v) is 16.1. The van der Waals surface area contributed by atoms with Crippen molar-refractivity contribution >= 4 is 10.9 Å². The lowest BCUT2D eigenvalue weighted by Gasteiger charge is -2.22. The lowest BCUT2D eigenvalue weighted by atomic mass is 9.83. The van der Waals surface area contributed by atoms with Crippen LogP contribution in [0.4, 0.5) is 0 Å². The van der Waals surface area contributed by atoms with Gasteiger partial charge in [-0.2, -0.15) is 0 Å². The molecule has 0 atom stereocenters. The molecule has 1 heterocycles. The normalized spacial score (nSPS) is 15.0. The molecule has 1 aliphatic rings. The molecule has 0 bridgehead atoms. The van der Waals surface area contributed by atoms with E-state index < -0.39 is 0 Å². The summed E-state index contributed by atoms with van der Waals surface area (Å²) in [6, 6.07) is 30.5. The largest absolute Gasteiger partial charge is 0.248 e. The fraction of sp³-hybridized carbons (Fsp3) is 0.222. The van der Waals surface area contributed by atoms with E-state index in [1.807, 2.05) is 0 Å². The monoisotopic (exact) mass is 363 g/mol. The first-order valence-corrected chi connectivity index (χ1v) is 10.4. The van der Waals surface area contributed by atoms with E-state index in [0.29, 0.717) is 0 Å². The molecule has 1 aromatic heterocycles. The summed E-state index contributed by atoms with van der Waals surface area (Å²) in [5, 5.41) is 1.22. The number of hydrogen-bond acceptors (Lipinski definition) is 1. The van der Waals surface area contributed by atoms with E-state index in [1.165, 1.54) is 54.2 Å². The number of benzene rings is 3. The third-order valence-electron chi connectivity index (χ3n) is 6.08. The molecule has 0 amide bonds. The van der Waals surface area contributed by atoms with Crippen LogP contribution in [0.5, 0.6) is 0 Å². The Morgan fingerprint density at radius 2 is 1.36 bits per heavy atom. The van der Waals surface area contributed by atoms with Crippen LogP contribution in [-0.2, 0) is 0 Å². The summed E-state index contributed by atoms with van der Waals surface area (Å²) in [7, 11) is 0. The molecule has 1 fully saturated rings. The van der Waals surface area contributed by atoms with Crippen molar-refractivity contribution in [3.63, 3.8) is 0 Å². The van der Waals surface area contributed by atoms with Crippen LogP contribution in [0.2, 0.25) is 0 Å². The molecule has 1 saturated carbocycles. The van der Waals surface area contributed by atoms with Crippen molar-refractivity contribution in [3.05, 3.63) is 90.5 Å². The Morgan fingerprint density at radius 3 is 2.14 bits per heavy atom. The molecule has 1 aliphatic carbocycles. The van der Waals surface area contributed by atoms with Crippen LogP contribution in [0.25, 0.3) is 33.3 Å². The van der Waals surface area contributed by atoms with Crippen molar-refractivity contribution in [1.82, 2.24) is 4.98 Å². The van der Waals surface area contributed by atoms with Crippen molar-refractivity contribution in [3.8, 4) is 22.4 Å². The molecule has 0 spiro atoms. The summed E-state index contributed by atoms with van der Waals surface area (Å²) in [5.41, 5.74) is 7.29. The first-order valence-electron chi connectivity index (χ1n) is 10.4. The number of pyridine rings is 1. The smallest absolute Gasteiger partial charge is 0.0715 e. The van der Waals surface area contributed by atoms with E-state index in [1.54, 1.807) is 0 Å². The van der Waals surface area contributed by atoms with Gasteiger partial charge in [0, 0.05) is 10.9 Å². The fourth-order valence-electron chi connectivity index (χ4n) is 4.54. The highest BCUT2D eigenvalue weighted by Crippen LogP contribution is 2.36. The van der Waals surface area contributed by atoms with E-state index in [9.17, 15) is 0 Å². The molecule has 1 nitrogen and oxygen atoms in total. The maximum absolute atomic E-state index is 4.92. The van der Waals surface area contributed by atoms with Crippen molar-refractivity contribution in [1.29, 1.82) is 0 Å². The van der Waals surface area contributed by atoms with Gasteiger partial charge in [0.15, 0.2) is 0 Å². The van der Waals surface area contributed by atoms with E-state index in [0.717, 1.165) is 22.7 Å². The number of nitrogens with zero attached hydrogens (tertiary/aromatic N) is 1. The lowest BCUT2D eigenvalue weighted by molar-refractivity contribution is 0.443. The maximum Gasteiger partial charge on any atom is 0.0715 e. The quantitative estimate of drug-likeness (QED) is 0.365. The standard InChI is InChI=1S/C27H25N/c1-3-9-20(10-4-1)21-15-17-22(18-16-21)25-19-27(23-11-5-2-6-12-23)28-26-14-8-7-13-24(25)26/h2,5-8,11-20H,1,3-4,9-10H2. The number of para-hydroxylation sites is 1. The predicted molar refractivity (Wildman–Crippen MR) is 118 cm³/mol. The number of rotatable bonds is 3. The minimum Gasteiger partial charge on any atom is -0.248 e. The highest BCUT2D eigenvalue weighted by atomic mass is 14.7. The molecule has 5 rings (SSSR count). The minimum absolute atomic E-state index is 0.747. The lowest BCUT2D eigenvalue weighted by Crippen LogP contribution is -2.04. The second-order valence-corrected chi connectivity index (χ2v) is 7.90. The summed E-state index contributed by atoms with van der Waals surface area (Å²) in [5.74, 6) is 0.747. The van der Waals surface area contributed by atoms with E-state index in [2.05, 4.69) is 84.9 Å². The average molecular weight is 364 g/mol. The highest BCUT2D eigenvalue weighted by Gasteiger charge is 2.16. The van der Waals surface area contributed by atoms with Crippen molar-refractivity contribution < 1.29 is 0 Å². The minimum atomic E-state index is 0.747. The van der Waals surface area contributed by atoms with Gasteiger partial charge in [0.25, 0.3) is 0 Å². The van der Waals surface area contributed by atoms with Gasteiger partial charge in [-0.1, -0.05) is 92.1 Å². The van der Waals surface area contributed by atoms with Gasteiger partial charge in [0.2, 0.25) is 0 Å². The predicted octanol–water partition coefficient (Wildman–Crippen LogP) is 7.62. The van der Waals surface area contributed by atoms with Gasteiger partial charge in [-0.15, -0.1) is 0 Å². The van der Waals surface area contributed by atoms with Gasteiger partial charge >= 0.3 is 0 Å². The van der Waals surface area contributed by atoms with Crippen LogP contribution in [0, 0.1) is 0 Å². The Morgan fingerprint density at radius 1 is 0.643 bits per heavy atom. The van der Waals surface area contributed by atoms with Crippen LogP contribution in [0.1, 0.15) is 43.6 Å². The van der Waals surface area contributed by atoms with Gasteiger partial charge in [-0.3, -0.25) is 0 Å². The van der Waals surface area contributed by atoms with Gasteiger partial charge in [0.05, 0.1) is 11.2 Å². The van der Waals surface area contributed by atoms with Gasteiger partial charge < -0.3 is 0 Å². The Bertz CT molecular complexity index is 1070. The molecule has 138 valence electrons. The molecular formula is C27H25N. The van der Waals surface area contributed by atoms with Crippen LogP contribution in [0.3, 0.4) is 0 Å². The topological polar surface area (TPSA) is 12.9 Å². The second-order valence-electron chi connectivity index (χ2n) is 7.90. The number of fused-ring (bicyclic) bond motifs is 1. The second kappa shape index (κ2) is 7.59. The van der Waals surface area contributed by atoms with Gasteiger partial charge in [-0.25, -0.2) is 4.98 Å². The zero-order valence-electron chi connectivity index (χ0n) is 16.1. The van der Waals surface area contributed by atoms with Crippen LogP contribution in [-0.4, -0.2) is 4.98 Å². The molecular weight excluding hydrogens is 338 g/mol. The Hall–Kier alpha value is -2.93. The first kappa shape index (κ1) is 17.2. The summed E-state index contributed by atoms with van der Waals surface area (Å²) in [6.45, 7) is 0. The zero-order chi connectivity index (χ0) is 18.8. The molecule has 3 aromatic carbocycles. The molecule has 0 N–H and O–H groups in total. The summed E-state index contributed by atoms with van der Waals surface area (Å²) >= 11 is 0. The molecule has 0 saturated heterocycles. The summed E-state index contributed by atoms with van der Waals surface area (Å²) in [6.07, 6.45) is 6.84.